The number of rotatable bonds is 2. The maximum Gasteiger partial charge on any atom is 0.308 e. The number of imidazole rings is 1. The number of esters is 1. The molecule has 3 rings (SSSR count). The van der Waals surface area contributed by atoms with Crippen molar-refractivity contribution in [3.05, 3.63) is 28.0 Å². The fourth-order valence-corrected chi connectivity index (χ4v) is 3.78. The van der Waals surface area contributed by atoms with Gasteiger partial charge >= 0.3 is 5.97 Å². The topological polar surface area (TPSA) is 56.5 Å². The highest BCUT2D eigenvalue weighted by Crippen LogP contribution is 2.40. The Morgan fingerprint density at radius 2 is 2.35 bits per heavy atom. The van der Waals surface area contributed by atoms with E-state index >= 15 is 0 Å². The van der Waals surface area contributed by atoms with Gasteiger partial charge in [-0.05, 0) is 35.2 Å². The van der Waals surface area contributed by atoms with Crippen LogP contribution in [0.2, 0.25) is 5.15 Å². The first-order valence-corrected chi connectivity index (χ1v) is 7.54. The Morgan fingerprint density at radius 1 is 1.55 bits per heavy atom. The Balaban J connectivity index is 1.96. The first kappa shape index (κ1) is 13.8. The van der Waals surface area contributed by atoms with E-state index < -0.39 is 0 Å². The number of hydrogen-bond acceptors (Lipinski definition) is 4. The first-order chi connectivity index (χ1) is 9.61. The van der Waals surface area contributed by atoms with E-state index in [2.05, 4.69) is 25.9 Å². The predicted octanol–water partition coefficient (Wildman–Crippen LogP) is 3.20. The summed E-state index contributed by atoms with van der Waals surface area (Å²) >= 11 is 9.53. The first-order valence-electron chi connectivity index (χ1n) is 6.37. The van der Waals surface area contributed by atoms with Gasteiger partial charge in [-0.1, -0.05) is 11.6 Å². The molecule has 7 heteroatoms. The molecule has 1 saturated carbocycles. The second-order valence-corrected chi connectivity index (χ2v) is 6.04. The van der Waals surface area contributed by atoms with Crippen LogP contribution >= 0.6 is 27.5 Å². The zero-order valence-corrected chi connectivity index (χ0v) is 13.2. The van der Waals surface area contributed by atoms with Crippen LogP contribution in [0.1, 0.15) is 31.0 Å². The standard InChI is InChI=1S/C13H13BrClN3O2/c1-20-13(19)8-3-2-7(6-8)12-17-10(14)9-11(15)16-4-5-18(9)12/h4-5,7-8H,2-3,6H2,1H3/t7-,8+/m1/s1. The molecule has 0 amide bonds. The molecule has 5 nitrogen and oxygen atoms in total. The Hall–Kier alpha value is -1.14. The van der Waals surface area contributed by atoms with Crippen LogP contribution in [0.3, 0.4) is 0 Å². The average molecular weight is 359 g/mol. The molecule has 2 atom stereocenters. The average Bonchev–Trinajstić information content (AvgIpc) is 3.04. The van der Waals surface area contributed by atoms with E-state index in [1.165, 1.54) is 7.11 Å². The van der Waals surface area contributed by atoms with Crippen LogP contribution in [0.4, 0.5) is 0 Å². The van der Waals surface area contributed by atoms with Gasteiger partial charge in [-0.3, -0.25) is 9.20 Å². The van der Waals surface area contributed by atoms with Crippen molar-refractivity contribution < 1.29 is 9.53 Å². The molecule has 0 aromatic carbocycles. The van der Waals surface area contributed by atoms with Crippen molar-refractivity contribution in [2.45, 2.75) is 25.2 Å². The molecule has 0 radical (unpaired) electrons. The lowest BCUT2D eigenvalue weighted by Crippen LogP contribution is -2.13. The largest absolute Gasteiger partial charge is 0.469 e. The van der Waals surface area contributed by atoms with Crippen LogP contribution < -0.4 is 0 Å². The van der Waals surface area contributed by atoms with Gasteiger partial charge in [0.2, 0.25) is 0 Å². The van der Waals surface area contributed by atoms with Gasteiger partial charge in [-0.25, -0.2) is 9.97 Å². The van der Waals surface area contributed by atoms with E-state index in [1.807, 2.05) is 10.6 Å². The molecule has 2 aromatic rings. The lowest BCUT2D eigenvalue weighted by molar-refractivity contribution is -0.145. The van der Waals surface area contributed by atoms with Crippen molar-refractivity contribution in [2.75, 3.05) is 7.11 Å². The number of methoxy groups -OCH3 is 1. The summed E-state index contributed by atoms with van der Waals surface area (Å²) in [5.41, 5.74) is 0.769. The summed E-state index contributed by atoms with van der Waals surface area (Å²) in [7, 11) is 1.43. The SMILES string of the molecule is COC(=O)[C@H]1CC[C@@H](c2nc(Br)c3c(Cl)nccn23)C1. The number of hydrogen-bond donors (Lipinski definition) is 0. The van der Waals surface area contributed by atoms with Gasteiger partial charge in [0.15, 0.2) is 5.15 Å². The summed E-state index contributed by atoms with van der Waals surface area (Å²) < 4.78 is 7.46. The number of aromatic nitrogens is 3. The van der Waals surface area contributed by atoms with Crippen LogP contribution in [0, 0.1) is 5.92 Å². The van der Waals surface area contributed by atoms with Gasteiger partial charge in [-0.2, -0.15) is 0 Å². The van der Waals surface area contributed by atoms with E-state index in [-0.39, 0.29) is 17.8 Å². The summed E-state index contributed by atoms with van der Waals surface area (Å²) in [5.74, 6) is 0.986. The highest BCUT2D eigenvalue weighted by Gasteiger charge is 2.34. The fraction of sp³-hybridized carbons (Fsp3) is 0.462. The molecule has 1 aliphatic carbocycles. The van der Waals surface area contributed by atoms with Crippen LogP contribution in [-0.2, 0) is 9.53 Å². The summed E-state index contributed by atoms with van der Waals surface area (Å²) in [6.45, 7) is 0. The van der Waals surface area contributed by atoms with Gasteiger partial charge in [0.25, 0.3) is 0 Å². The molecule has 1 fully saturated rings. The van der Waals surface area contributed by atoms with Gasteiger partial charge in [0, 0.05) is 18.3 Å². The third-order valence-electron chi connectivity index (χ3n) is 3.83. The fourth-order valence-electron chi connectivity index (χ4n) is 2.87. The van der Waals surface area contributed by atoms with Gasteiger partial charge in [-0.15, -0.1) is 0 Å². The zero-order valence-electron chi connectivity index (χ0n) is 10.8. The smallest absolute Gasteiger partial charge is 0.308 e. The van der Waals surface area contributed by atoms with Crippen LogP contribution in [-0.4, -0.2) is 27.4 Å². The highest BCUT2D eigenvalue weighted by atomic mass is 79.9. The minimum absolute atomic E-state index is 0.0339. The number of ether oxygens (including phenoxy) is 1. The quantitative estimate of drug-likeness (QED) is 0.774. The maximum absolute atomic E-state index is 11.6. The second kappa shape index (κ2) is 5.33. The van der Waals surface area contributed by atoms with Crippen molar-refractivity contribution >= 4 is 39.0 Å². The lowest BCUT2D eigenvalue weighted by Gasteiger charge is -2.09. The van der Waals surface area contributed by atoms with Crippen molar-refractivity contribution in [3.63, 3.8) is 0 Å². The molecule has 0 aliphatic heterocycles. The van der Waals surface area contributed by atoms with E-state index in [0.29, 0.717) is 9.76 Å². The van der Waals surface area contributed by atoms with E-state index in [1.54, 1.807) is 6.20 Å². The molecule has 0 unspecified atom stereocenters. The molecule has 20 heavy (non-hydrogen) atoms. The monoisotopic (exact) mass is 357 g/mol. The number of fused-ring (bicyclic) bond motifs is 1. The molecule has 0 bridgehead atoms. The number of halogens is 2. The van der Waals surface area contributed by atoms with Gasteiger partial charge in [0.05, 0.1) is 13.0 Å². The summed E-state index contributed by atoms with van der Waals surface area (Å²) in [6, 6.07) is 0. The lowest BCUT2D eigenvalue weighted by atomic mass is 10.0. The van der Waals surface area contributed by atoms with E-state index in [0.717, 1.165) is 30.6 Å². The molecule has 2 heterocycles. The van der Waals surface area contributed by atoms with E-state index in [4.69, 9.17) is 16.3 Å². The number of carbonyl (C=O) groups excluding carboxylic acids is 1. The third-order valence-corrected chi connectivity index (χ3v) is 4.66. The molecular weight excluding hydrogens is 346 g/mol. The highest BCUT2D eigenvalue weighted by molar-refractivity contribution is 9.10. The minimum atomic E-state index is -0.132. The number of carbonyl (C=O) groups is 1. The van der Waals surface area contributed by atoms with Crippen molar-refractivity contribution in [2.24, 2.45) is 5.92 Å². The Kier molecular flexibility index (Phi) is 3.69. The van der Waals surface area contributed by atoms with Crippen molar-refractivity contribution in [3.8, 4) is 0 Å². The molecule has 0 spiro atoms. The zero-order chi connectivity index (χ0) is 14.3. The van der Waals surface area contributed by atoms with Crippen LogP contribution in [0.25, 0.3) is 5.52 Å². The molecule has 106 valence electrons. The maximum atomic E-state index is 11.6. The molecule has 0 N–H and O–H groups in total. The van der Waals surface area contributed by atoms with Crippen molar-refractivity contribution in [1.29, 1.82) is 0 Å². The van der Waals surface area contributed by atoms with Crippen molar-refractivity contribution in [1.82, 2.24) is 14.4 Å². The molecule has 2 aromatic heterocycles. The minimum Gasteiger partial charge on any atom is -0.469 e. The van der Waals surface area contributed by atoms with Gasteiger partial charge < -0.3 is 4.74 Å². The number of nitrogens with zero attached hydrogens (tertiary/aromatic N) is 3. The Labute approximate surface area is 129 Å². The summed E-state index contributed by atoms with van der Waals surface area (Å²) in [4.78, 5) is 20.2. The van der Waals surface area contributed by atoms with Crippen LogP contribution in [0.5, 0.6) is 0 Å². The van der Waals surface area contributed by atoms with Gasteiger partial charge in [0.1, 0.15) is 15.9 Å². The third kappa shape index (κ3) is 2.20. The summed E-state index contributed by atoms with van der Waals surface area (Å²) in [5, 5.41) is 0.417. The van der Waals surface area contributed by atoms with E-state index in [9.17, 15) is 4.79 Å². The normalized spacial score (nSPS) is 22.4. The molecule has 1 aliphatic rings. The molecular formula is C13H13BrClN3O2. The summed E-state index contributed by atoms with van der Waals surface area (Å²) in [6.07, 6.45) is 6.02. The second-order valence-electron chi connectivity index (χ2n) is 4.93. The predicted molar refractivity (Wildman–Crippen MR) is 77.8 cm³/mol. The Bertz CT molecular complexity index is 673. The Morgan fingerprint density at radius 3 is 3.10 bits per heavy atom. The van der Waals surface area contributed by atoms with Crippen LogP contribution in [0.15, 0.2) is 17.0 Å². The molecule has 0 saturated heterocycles.